The van der Waals surface area contributed by atoms with Crippen LogP contribution in [0, 0.1) is 10.1 Å². The quantitative estimate of drug-likeness (QED) is 0.653. The second-order valence-corrected chi connectivity index (χ2v) is 4.75. The third kappa shape index (κ3) is 3.33. The molecule has 104 valence electrons. The van der Waals surface area contributed by atoms with E-state index in [0.717, 1.165) is 11.6 Å². The average Bonchev–Trinajstić information content (AvgIpc) is 2.91. The van der Waals surface area contributed by atoms with Crippen molar-refractivity contribution in [2.75, 3.05) is 6.61 Å². The normalized spacial score (nSPS) is 10.2. The van der Waals surface area contributed by atoms with Gasteiger partial charge in [0.2, 0.25) is 0 Å². The summed E-state index contributed by atoms with van der Waals surface area (Å²) in [6.45, 7) is 0.296. The van der Waals surface area contributed by atoms with E-state index in [2.05, 4.69) is 0 Å². The highest BCUT2D eigenvalue weighted by molar-refractivity contribution is 7.07. The van der Waals surface area contributed by atoms with Crippen molar-refractivity contribution in [3.63, 3.8) is 0 Å². The lowest BCUT2D eigenvalue weighted by molar-refractivity contribution is -0.385. The van der Waals surface area contributed by atoms with Crippen LogP contribution in [0.15, 0.2) is 35.0 Å². The van der Waals surface area contributed by atoms with Gasteiger partial charge in [-0.2, -0.15) is 11.3 Å². The molecule has 0 radical (unpaired) electrons. The van der Waals surface area contributed by atoms with E-state index >= 15 is 0 Å². The Morgan fingerprint density at radius 3 is 2.80 bits per heavy atom. The smallest absolute Gasteiger partial charge is 0.335 e. The third-order valence-corrected chi connectivity index (χ3v) is 3.36. The molecular formula is C13H11NO5S. The van der Waals surface area contributed by atoms with E-state index in [1.807, 2.05) is 16.8 Å². The van der Waals surface area contributed by atoms with Crippen molar-refractivity contribution in [2.24, 2.45) is 0 Å². The number of nitro benzene ring substituents is 1. The molecular weight excluding hydrogens is 282 g/mol. The van der Waals surface area contributed by atoms with Crippen molar-refractivity contribution in [3.8, 4) is 5.75 Å². The lowest BCUT2D eigenvalue weighted by Gasteiger charge is -2.06. The molecule has 0 amide bonds. The molecule has 0 spiro atoms. The molecule has 6 nitrogen and oxygen atoms in total. The summed E-state index contributed by atoms with van der Waals surface area (Å²) in [5.41, 5.74) is 0.622. The van der Waals surface area contributed by atoms with E-state index in [4.69, 9.17) is 9.84 Å². The first-order valence-electron chi connectivity index (χ1n) is 5.73. The van der Waals surface area contributed by atoms with Crippen LogP contribution in [0.3, 0.4) is 0 Å². The van der Waals surface area contributed by atoms with Crippen LogP contribution in [0.25, 0.3) is 0 Å². The highest BCUT2D eigenvalue weighted by Crippen LogP contribution is 2.28. The SMILES string of the molecule is O=C(O)c1ccc(OCCc2ccsc2)c([N+](=O)[O-])c1. The third-order valence-electron chi connectivity index (χ3n) is 2.63. The van der Waals surface area contributed by atoms with Crippen molar-refractivity contribution in [1.29, 1.82) is 0 Å². The van der Waals surface area contributed by atoms with Gasteiger partial charge in [-0.25, -0.2) is 4.79 Å². The number of nitrogens with zero attached hydrogens (tertiary/aromatic N) is 1. The number of carbonyl (C=O) groups is 1. The van der Waals surface area contributed by atoms with Crippen LogP contribution in [-0.2, 0) is 6.42 Å². The van der Waals surface area contributed by atoms with Gasteiger partial charge in [-0.3, -0.25) is 10.1 Å². The van der Waals surface area contributed by atoms with Gasteiger partial charge in [0.05, 0.1) is 17.1 Å². The van der Waals surface area contributed by atoms with Gasteiger partial charge in [-0.1, -0.05) is 0 Å². The molecule has 20 heavy (non-hydrogen) atoms. The van der Waals surface area contributed by atoms with Gasteiger partial charge in [0.25, 0.3) is 0 Å². The number of hydrogen-bond donors (Lipinski definition) is 1. The van der Waals surface area contributed by atoms with E-state index < -0.39 is 10.9 Å². The molecule has 0 bridgehead atoms. The molecule has 1 N–H and O–H groups in total. The molecule has 0 fully saturated rings. The minimum absolute atomic E-state index is 0.0789. The first kappa shape index (κ1) is 14.0. The second-order valence-electron chi connectivity index (χ2n) is 3.97. The van der Waals surface area contributed by atoms with Crippen LogP contribution in [0.2, 0.25) is 0 Å². The molecule has 1 aromatic heterocycles. The lowest BCUT2D eigenvalue weighted by Crippen LogP contribution is -2.04. The van der Waals surface area contributed by atoms with E-state index in [0.29, 0.717) is 13.0 Å². The fourth-order valence-corrected chi connectivity index (χ4v) is 2.33. The number of aromatic carboxylic acids is 1. The van der Waals surface area contributed by atoms with Crippen LogP contribution < -0.4 is 4.74 Å². The predicted molar refractivity (Wildman–Crippen MR) is 73.6 cm³/mol. The summed E-state index contributed by atoms with van der Waals surface area (Å²) >= 11 is 1.57. The molecule has 0 saturated heterocycles. The monoisotopic (exact) mass is 293 g/mol. The fourth-order valence-electron chi connectivity index (χ4n) is 1.63. The van der Waals surface area contributed by atoms with Gasteiger partial charge in [0, 0.05) is 12.5 Å². The number of ether oxygens (including phenoxy) is 1. The van der Waals surface area contributed by atoms with E-state index in [1.165, 1.54) is 12.1 Å². The number of carboxylic acid groups (broad SMARTS) is 1. The molecule has 2 rings (SSSR count). The standard InChI is InChI=1S/C13H11NO5S/c15-13(16)10-1-2-12(11(7-10)14(17)18)19-5-3-9-4-6-20-8-9/h1-2,4,6-8H,3,5H2,(H,15,16). The summed E-state index contributed by atoms with van der Waals surface area (Å²) in [5, 5.41) is 23.7. The Balaban J connectivity index is 2.10. The Morgan fingerprint density at radius 2 is 2.20 bits per heavy atom. The Morgan fingerprint density at radius 1 is 1.40 bits per heavy atom. The number of benzene rings is 1. The van der Waals surface area contributed by atoms with Crippen LogP contribution in [0.1, 0.15) is 15.9 Å². The number of carboxylic acids is 1. The number of nitro groups is 1. The summed E-state index contributed by atoms with van der Waals surface area (Å²) in [6.07, 6.45) is 0.640. The molecule has 1 heterocycles. The molecule has 0 unspecified atom stereocenters. The van der Waals surface area contributed by atoms with E-state index in [9.17, 15) is 14.9 Å². The number of thiophene rings is 1. The molecule has 0 aliphatic carbocycles. The topological polar surface area (TPSA) is 89.7 Å². The van der Waals surface area contributed by atoms with Crippen LogP contribution in [0.4, 0.5) is 5.69 Å². The van der Waals surface area contributed by atoms with Crippen molar-refractivity contribution in [2.45, 2.75) is 6.42 Å². The largest absolute Gasteiger partial charge is 0.486 e. The molecule has 7 heteroatoms. The van der Waals surface area contributed by atoms with Gasteiger partial charge >= 0.3 is 11.7 Å². The zero-order valence-corrected chi connectivity index (χ0v) is 11.1. The van der Waals surface area contributed by atoms with Crippen LogP contribution in [-0.4, -0.2) is 22.6 Å². The first-order chi connectivity index (χ1) is 9.58. The Kier molecular flexibility index (Phi) is 4.31. The van der Waals surface area contributed by atoms with Gasteiger partial charge in [-0.15, -0.1) is 0 Å². The van der Waals surface area contributed by atoms with E-state index in [1.54, 1.807) is 11.3 Å². The first-order valence-corrected chi connectivity index (χ1v) is 6.68. The summed E-state index contributed by atoms with van der Waals surface area (Å²) in [7, 11) is 0. The fraction of sp³-hybridized carbons (Fsp3) is 0.154. The second kappa shape index (κ2) is 6.16. The van der Waals surface area contributed by atoms with Crippen molar-refractivity contribution >= 4 is 23.0 Å². The molecule has 0 saturated carbocycles. The Hall–Kier alpha value is -2.41. The maximum atomic E-state index is 10.9. The van der Waals surface area contributed by atoms with Gasteiger partial charge in [-0.05, 0) is 34.5 Å². The minimum atomic E-state index is -1.21. The maximum Gasteiger partial charge on any atom is 0.335 e. The lowest BCUT2D eigenvalue weighted by atomic mass is 10.2. The van der Waals surface area contributed by atoms with Crippen LogP contribution in [0.5, 0.6) is 5.75 Å². The zero-order chi connectivity index (χ0) is 14.5. The molecule has 1 aromatic carbocycles. The number of rotatable bonds is 6. The van der Waals surface area contributed by atoms with Crippen molar-refractivity contribution in [1.82, 2.24) is 0 Å². The number of hydrogen-bond acceptors (Lipinski definition) is 5. The average molecular weight is 293 g/mol. The highest BCUT2D eigenvalue weighted by atomic mass is 32.1. The molecule has 0 aliphatic rings. The van der Waals surface area contributed by atoms with E-state index in [-0.39, 0.29) is 17.0 Å². The predicted octanol–water partition coefficient (Wildman–Crippen LogP) is 2.98. The Bertz CT molecular complexity index is 624. The molecule has 2 aromatic rings. The van der Waals surface area contributed by atoms with Gasteiger partial charge < -0.3 is 9.84 Å². The van der Waals surface area contributed by atoms with Gasteiger partial charge in [0.1, 0.15) is 0 Å². The summed E-state index contributed by atoms with van der Waals surface area (Å²) in [5.74, 6) is -1.13. The minimum Gasteiger partial charge on any atom is -0.486 e. The zero-order valence-electron chi connectivity index (χ0n) is 10.3. The summed E-state index contributed by atoms with van der Waals surface area (Å²) < 4.78 is 5.38. The van der Waals surface area contributed by atoms with Crippen molar-refractivity contribution < 1.29 is 19.6 Å². The van der Waals surface area contributed by atoms with Crippen molar-refractivity contribution in [3.05, 3.63) is 56.3 Å². The van der Waals surface area contributed by atoms with Crippen LogP contribution >= 0.6 is 11.3 Å². The highest BCUT2D eigenvalue weighted by Gasteiger charge is 2.18. The molecule has 0 aliphatic heterocycles. The molecule has 0 atom stereocenters. The van der Waals surface area contributed by atoms with Gasteiger partial charge in [0.15, 0.2) is 5.75 Å². The maximum absolute atomic E-state index is 10.9. The summed E-state index contributed by atoms with van der Waals surface area (Å²) in [4.78, 5) is 21.1. The summed E-state index contributed by atoms with van der Waals surface area (Å²) in [6, 6.07) is 5.56. The Labute approximate surface area is 118 Å².